The molecule has 2 aromatic rings. The van der Waals surface area contributed by atoms with Gasteiger partial charge >= 0.3 is 0 Å². The van der Waals surface area contributed by atoms with Crippen LogP contribution >= 0.6 is 23.2 Å². The first-order valence-corrected chi connectivity index (χ1v) is 10.4. The second-order valence-corrected chi connectivity index (χ2v) is 8.77. The SMILES string of the molecule is Cc1cccc(NC(=O)C(C)N(c2cc(Cl)ccc2Cl)S(C)(=O)=O)c1C. The van der Waals surface area contributed by atoms with Crippen LogP contribution in [0.2, 0.25) is 10.0 Å². The number of nitrogens with one attached hydrogen (secondary N) is 1. The van der Waals surface area contributed by atoms with Crippen molar-refractivity contribution in [2.75, 3.05) is 15.9 Å². The number of hydrogen-bond donors (Lipinski definition) is 1. The van der Waals surface area contributed by atoms with E-state index in [1.54, 1.807) is 12.1 Å². The molecule has 0 bridgehead atoms. The second kappa shape index (κ2) is 7.86. The van der Waals surface area contributed by atoms with Gasteiger partial charge in [0.1, 0.15) is 6.04 Å². The smallest absolute Gasteiger partial charge is 0.248 e. The Morgan fingerprint density at radius 3 is 2.42 bits per heavy atom. The van der Waals surface area contributed by atoms with Gasteiger partial charge in [0.15, 0.2) is 0 Å². The summed E-state index contributed by atoms with van der Waals surface area (Å²) in [6, 6.07) is 8.97. The summed E-state index contributed by atoms with van der Waals surface area (Å²) in [6.45, 7) is 5.32. The van der Waals surface area contributed by atoms with E-state index in [0.717, 1.165) is 21.7 Å². The molecular weight excluding hydrogens is 395 g/mol. The molecule has 26 heavy (non-hydrogen) atoms. The van der Waals surface area contributed by atoms with Crippen LogP contribution in [0.15, 0.2) is 36.4 Å². The highest BCUT2D eigenvalue weighted by Gasteiger charge is 2.31. The summed E-state index contributed by atoms with van der Waals surface area (Å²) < 4.78 is 25.7. The van der Waals surface area contributed by atoms with Gasteiger partial charge in [0.25, 0.3) is 0 Å². The highest BCUT2D eigenvalue weighted by molar-refractivity contribution is 7.92. The van der Waals surface area contributed by atoms with E-state index in [1.807, 2.05) is 26.0 Å². The van der Waals surface area contributed by atoms with Crippen LogP contribution in [0, 0.1) is 13.8 Å². The summed E-state index contributed by atoms with van der Waals surface area (Å²) in [5.41, 5.74) is 2.73. The summed E-state index contributed by atoms with van der Waals surface area (Å²) in [4.78, 5) is 12.7. The maximum absolute atomic E-state index is 12.7. The summed E-state index contributed by atoms with van der Waals surface area (Å²) >= 11 is 12.1. The van der Waals surface area contributed by atoms with Gasteiger partial charge in [-0.25, -0.2) is 8.42 Å². The van der Waals surface area contributed by atoms with Gasteiger partial charge in [-0.05, 0) is 56.2 Å². The van der Waals surface area contributed by atoms with Gasteiger partial charge < -0.3 is 5.32 Å². The molecule has 140 valence electrons. The minimum absolute atomic E-state index is 0.158. The molecule has 2 aromatic carbocycles. The van der Waals surface area contributed by atoms with E-state index in [4.69, 9.17) is 23.2 Å². The van der Waals surface area contributed by atoms with Gasteiger partial charge in [-0.2, -0.15) is 0 Å². The van der Waals surface area contributed by atoms with Crippen LogP contribution in [0.1, 0.15) is 18.1 Å². The number of benzene rings is 2. The quantitative estimate of drug-likeness (QED) is 0.787. The number of anilines is 2. The van der Waals surface area contributed by atoms with Crippen LogP contribution in [0.4, 0.5) is 11.4 Å². The maximum Gasteiger partial charge on any atom is 0.248 e. The largest absolute Gasteiger partial charge is 0.324 e. The number of halogens is 2. The molecule has 0 saturated carbocycles. The molecule has 1 unspecified atom stereocenters. The number of rotatable bonds is 5. The van der Waals surface area contributed by atoms with Crippen molar-refractivity contribution in [3.63, 3.8) is 0 Å². The predicted molar refractivity (Wildman–Crippen MR) is 108 cm³/mol. The standard InChI is InChI=1S/C18H20Cl2N2O3S/c1-11-6-5-7-16(12(11)2)21-18(23)13(3)22(26(4,24)25)17-10-14(19)8-9-15(17)20/h5-10,13H,1-4H3,(H,21,23). The van der Waals surface area contributed by atoms with E-state index < -0.39 is 22.0 Å². The third kappa shape index (κ3) is 4.50. The van der Waals surface area contributed by atoms with E-state index in [-0.39, 0.29) is 10.7 Å². The molecule has 1 atom stereocenters. The number of carbonyl (C=O) groups excluding carboxylic acids is 1. The number of amides is 1. The monoisotopic (exact) mass is 414 g/mol. The summed E-state index contributed by atoms with van der Waals surface area (Å²) in [5.74, 6) is -0.472. The fraction of sp³-hybridized carbons (Fsp3) is 0.278. The first-order chi connectivity index (χ1) is 12.0. The van der Waals surface area contributed by atoms with Crippen LogP contribution in [0.5, 0.6) is 0 Å². The van der Waals surface area contributed by atoms with Crippen molar-refractivity contribution >= 4 is 50.5 Å². The zero-order chi connectivity index (χ0) is 19.6. The molecule has 0 radical (unpaired) electrons. The van der Waals surface area contributed by atoms with E-state index in [2.05, 4.69) is 5.32 Å². The Hall–Kier alpha value is -1.76. The molecule has 1 N–H and O–H groups in total. The summed E-state index contributed by atoms with van der Waals surface area (Å²) in [7, 11) is -3.78. The van der Waals surface area contributed by atoms with E-state index >= 15 is 0 Å². The molecule has 2 rings (SSSR count). The molecule has 5 nitrogen and oxygen atoms in total. The Kier molecular flexibility index (Phi) is 6.21. The van der Waals surface area contributed by atoms with Crippen molar-refractivity contribution in [2.45, 2.75) is 26.8 Å². The minimum atomic E-state index is -3.78. The highest BCUT2D eigenvalue weighted by Crippen LogP contribution is 2.32. The van der Waals surface area contributed by atoms with Crippen molar-refractivity contribution in [2.24, 2.45) is 0 Å². The molecule has 0 heterocycles. The molecule has 0 aliphatic rings. The van der Waals surface area contributed by atoms with Gasteiger partial charge in [-0.15, -0.1) is 0 Å². The molecule has 0 aromatic heterocycles. The Balaban J connectivity index is 2.41. The van der Waals surface area contributed by atoms with Crippen LogP contribution in [0.25, 0.3) is 0 Å². The maximum atomic E-state index is 12.7. The Morgan fingerprint density at radius 1 is 1.15 bits per heavy atom. The lowest BCUT2D eigenvalue weighted by atomic mass is 10.1. The molecule has 0 fully saturated rings. The van der Waals surface area contributed by atoms with Crippen LogP contribution in [-0.4, -0.2) is 26.6 Å². The van der Waals surface area contributed by atoms with Crippen LogP contribution in [0.3, 0.4) is 0 Å². The molecule has 8 heteroatoms. The number of nitrogens with zero attached hydrogens (tertiary/aromatic N) is 1. The molecule has 0 aliphatic heterocycles. The van der Waals surface area contributed by atoms with Crippen LogP contribution < -0.4 is 9.62 Å². The van der Waals surface area contributed by atoms with Crippen molar-refractivity contribution in [3.05, 3.63) is 57.6 Å². The van der Waals surface area contributed by atoms with Gasteiger partial charge in [-0.1, -0.05) is 35.3 Å². The van der Waals surface area contributed by atoms with E-state index in [9.17, 15) is 13.2 Å². The number of carbonyl (C=O) groups is 1. The lowest BCUT2D eigenvalue weighted by molar-refractivity contribution is -0.116. The molecule has 0 aliphatic carbocycles. The molecule has 0 saturated heterocycles. The number of sulfonamides is 1. The average molecular weight is 415 g/mol. The fourth-order valence-corrected chi connectivity index (χ4v) is 4.16. The average Bonchev–Trinajstić information content (AvgIpc) is 2.54. The normalized spacial score (nSPS) is 12.5. The summed E-state index contributed by atoms with van der Waals surface area (Å²) in [5, 5.41) is 3.29. The van der Waals surface area contributed by atoms with Crippen molar-refractivity contribution < 1.29 is 13.2 Å². The zero-order valence-electron chi connectivity index (χ0n) is 14.9. The third-order valence-electron chi connectivity index (χ3n) is 4.10. The van der Waals surface area contributed by atoms with Crippen molar-refractivity contribution in [1.29, 1.82) is 0 Å². The van der Waals surface area contributed by atoms with Crippen molar-refractivity contribution in [1.82, 2.24) is 0 Å². The third-order valence-corrected chi connectivity index (χ3v) is 5.88. The van der Waals surface area contributed by atoms with Gasteiger partial charge in [0, 0.05) is 10.7 Å². The first-order valence-electron chi connectivity index (χ1n) is 7.84. The first kappa shape index (κ1) is 20.6. The van der Waals surface area contributed by atoms with Crippen LogP contribution in [-0.2, 0) is 14.8 Å². The highest BCUT2D eigenvalue weighted by atomic mass is 35.5. The minimum Gasteiger partial charge on any atom is -0.324 e. The topological polar surface area (TPSA) is 66.5 Å². The Bertz CT molecular complexity index is 945. The van der Waals surface area contributed by atoms with Gasteiger partial charge in [0.05, 0.1) is 17.0 Å². The summed E-state index contributed by atoms with van der Waals surface area (Å²) in [6.07, 6.45) is 1.02. The zero-order valence-corrected chi connectivity index (χ0v) is 17.2. The van der Waals surface area contributed by atoms with Crippen molar-refractivity contribution in [3.8, 4) is 0 Å². The molecular formula is C18H20Cl2N2O3S. The Labute approximate surface area is 164 Å². The van der Waals surface area contributed by atoms with Gasteiger partial charge in [-0.3, -0.25) is 9.10 Å². The molecule has 1 amide bonds. The molecule has 0 spiro atoms. The number of hydrogen-bond acceptors (Lipinski definition) is 3. The number of aryl methyl sites for hydroxylation is 1. The fourth-order valence-electron chi connectivity index (χ4n) is 2.56. The second-order valence-electron chi connectivity index (χ2n) is 6.07. The van der Waals surface area contributed by atoms with E-state index in [1.165, 1.54) is 19.1 Å². The van der Waals surface area contributed by atoms with Gasteiger partial charge in [0.2, 0.25) is 15.9 Å². The lowest BCUT2D eigenvalue weighted by Crippen LogP contribution is -2.45. The lowest BCUT2D eigenvalue weighted by Gasteiger charge is -2.29. The Morgan fingerprint density at radius 2 is 1.81 bits per heavy atom. The predicted octanol–water partition coefficient (Wildman–Crippen LogP) is 4.40. The van der Waals surface area contributed by atoms with E-state index in [0.29, 0.717) is 10.7 Å².